The Morgan fingerprint density at radius 3 is 2.65 bits per heavy atom. The van der Waals surface area contributed by atoms with Gasteiger partial charge in [-0.25, -0.2) is 4.79 Å². The van der Waals surface area contributed by atoms with Gasteiger partial charge in [0.25, 0.3) is 0 Å². The molecule has 2 rings (SSSR count). The highest BCUT2D eigenvalue weighted by Crippen LogP contribution is 2.24. The predicted octanol–water partition coefficient (Wildman–Crippen LogP) is 4.54. The number of terminal acetylenes is 1. The molecular formula is C21H31ClN2O2. The number of hydrogen-bond donors (Lipinski definition) is 0. The second-order valence-corrected chi connectivity index (χ2v) is 7.15. The summed E-state index contributed by atoms with van der Waals surface area (Å²) in [7, 11) is 3.86. The molecule has 4 nitrogen and oxygen atoms in total. The number of hydrogen-bond acceptors (Lipinski definition) is 3. The zero-order valence-electron chi connectivity index (χ0n) is 16.1. The number of ether oxygens (including phenoxy) is 1. The average Bonchev–Trinajstić information content (AvgIpc) is 2.62. The van der Waals surface area contributed by atoms with Crippen LogP contribution < -0.4 is 4.74 Å². The van der Waals surface area contributed by atoms with E-state index in [-0.39, 0.29) is 18.5 Å². The van der Waals surface area contributed by atoms with Gasteiger partial charge in [0.1, 0.15) is 5.75 Å². The van der Waals surface area contributed by atoms with Gasteiger partial charge in [-0.15, -0.1) is 18.8 Å². The minimum atomic E-state index is -0.263. The Bertz CT molecular complexity index is 608. The Labute approximate surface area is 164 Å². The van der Waals surface area contributed by atoms with E-state index in [1.807, 2.05) is 32.3 Å². The van der Waals surface area contributed by atoms with Crippen molar-refractivity contribution in [3.63, 3.8) is 0 Å². The zero-order valence-corrected chi connectivity index (χ0v) is 16.9. The average molecular weight is 379 g/mol. The lowest BCUT2D eigenvalue weighted by molar-refractivity contribution is 0.133. The largest absolute Gasteiger partial charge is 0.415 e. The molecule has 1 amide bonds. The van der Waals surface area contributed by atoms with Crippen molar-refractivity contribution in [3.05, 3.63) is 29.8 Å². The number of likely N-dealkylation sites (N-methyl/N-ethyl adjacent to an activating group) is 1. The Morgan fingerprint density at radius 1 is 1.31 bits per heavy atom. The van der Waals surface area contributed by atoms with E-state index in [0.717, 1.165) is 24.9 Å². The molecule has 1 aliphatic carbocycles. The maximum Gasteiger partial charge on any atom is 0.415 e. The van der Waals surface area contributed by atoms with Crippen molar-refractivity contribution in [2.75, 3.05) is 27.2 Å². The topological polar surface area (TPSA) is 32.8 Å². The Morgan fingerprint density at radius 2 is 2.00 bits per heavy atom. The molecule has 0 aromatic heterocycles. The second-order valence-electron chi connectivity index (χ2n) is 7.15. The molecule has 1 aliphatic rings. The van der Waals surface area contributed by atoms with Crippen LogP contribution in [0.25, 0.3) is 0 Å². The van der Waals surface area contributed by atoms with Crippen molar-refractivity contribution in [3.8, 4) is 18.1 Å². The van der Waals surface area contributed by atoms with Crippen molar-refractivity contribution in [2.45, 2.75) is 51.0 Å². The molecule has 0 aliphatic heterocycles. The lowest BCUT2D eigenvalue weighted by Crippen LogP contribution is -2.40. The molecule has 1 saturated carbocycles. The van der Waals surface area contributed by atoms with Gasteiger partial charge in [0.15, 0.2) is 0 Å². The minimum Gasteiger partial charge on any atom is -0.410 e. The molecule has 0 heterocycles. The van der Waals surface area contributed by atoms with Crippen LogP contribution in [0.15, 0.2) is 24.3 Å². The van der Waals surface area contributed by atoms with Crippen LogP contribution in [0.5, 0.6) is 5.75 Å². The van der Waals surface area contributed by atoms with Gasteiger partial charge < -0.3 is 9.64 Å². The lowest BCUT2D eigenvalue weighted by Gasteiger charge is -2.30. The van der Waals surface area contributed by atoms with E-state index in [1.54, 1.807) is 4.90 Å². The fourth-order valence-electron chi connectivity index (χ4n) is 3.47. The molecule has 1 atom stereocenters. The number of carbonyl (C=O) groups is 1. The highest BCUT2D eigenvalue weighted by molar-refractivity contribution is 5.85. The summed E-state index contributed by atoms with van der Waals surface area (Å²) < 4.78 is 5.61. The molecule has 0 radical (unpaired) electrons. The highest BCUT2D eigenvalue weighted by atomic mass is 35.5. The lowest BCUT2D eigenvalue weighted by atomic mass is 9.95. The maximum absolute atomic E-state index is 12.4. The molecule has 1 aromatic rings. The van der Waals surface area contributed by atoms with Crippen LogP contribution >= 0.6 is 12.4 Å². The molecule has 5 heteroatoms. The molecule has 1 fully saturated rings. The van der Waals surface area contributed by atoms with Crippen molar-refractivity contribution in [2.24, 2.45) is 0 Å². The molecule has 1 aromatic carbocycles. The van der Waals surface area contributed by atoms with E-state index in [2.05, 4.69) is 23.8 Å². The van der Waals surface area contributed by atoms with Crippen LogP contribution in [0.2, 0.25) is 0 Å². The summed E-state index contributed by atoms with van der Waals surface area (Å²) in [6.45, 7) is 3.65. The number of rotatable bonds is 6. The third kappa shape index (κ3) is 6.55. The van der Waals surface area contributed by atoms with Gasteiger partial charge in [-0.05, 0) is 43.5 Å². The van der Waals surface area contributed by atoms with Crippen LogP contribution in [0.3, 0.4) is 0 Å². The van der Waals surface area contributed by atoms with Gasteiger partial charge in [-0.3, -0.25) is 4.90 Å². The molecular weight excluding hydrogens is 348 g/mol. The van der Waals surface area contributed by atoms with E-state index in [4.69, 9.17) is 11.2 Å². The third-order valence-electron chi connectivity index (χ3n) is 4.99. The van der Waals surface area contributed by atoms with Crippen molar-refractivity contribution in [1.82, 2.24) is 9.80 Å². The smallest absolute Gasteiger partial charge is 0.410 e. The number of carbonyl (C=O) groups excluding carboxylic acids is 1. The zero-order chi connectivity index (χ0) is 18.2. The van der Waals surface area contributed by atoms with E-state index < -0.39 is 0 Å². The first-order valence-electron chi connectivity index (χ1n) is 9.18. The molecule has 0 saturated heterocycles. The summed E-state index contributed by atoms with van der Waals surface area (Å²) in [5.74, 6) is 3.58. The van der Waals surface area contributed by atoms with Crippen molar-refractivity contribution in [1.29, 1.82) is 0 Å². The number of halogens is 1. The van der Waals surface area contributed by atoms with E-state index in [9.17, 15) is 4.79 Å². The highest BCUT2D eigenvalue weighted by Gasteiger charge is 2.23. The number of amides is 1. The third-order valence-corrected chi connectivity index (χ3v) is 4.99. The molecule has 1 unspecified atom stereocenters. The number of nitrogens with zero attached hydrogens (tertiary/aromatic N) is 2. The summed E-state index contributed by atoms with van der Waals surface area (Å²) >= 11 is 0. The van der Waals surface area contributed by atoms with Crippen LogP contribution in [-0.4, -0.2) is 49.1 Å². The Balaban J connectivity index is 0.00000338. The van der Waals surface area contributed by atoms with Crippen LogP contribution in [0, 0.1) is 12.3 Å². The van der Waals surface area contributed by atoms with Crippen LogP contribution in [0.1, 0.15) is 50.5 Å². The molecule has 26 heavy (non-hydrogen) atoms. The number of benzene rings is 1. The molecule has 0 bridgehead atoms. The fraction of sp³-hybridized carbons (Fsp3) is 0.571. The van der Waals surface area contributed by atoms with E-state index >= 15 is 0 Å². The van der Waals surface area contributed by atoms with Crippen LogP contribution in [-0.2, 0) is 0 Å². The van der Waals surface area contributed by atoms with E-state index in [0.29, 0.717) is 24.3 Å². The second kappa shape index (κ2) is 11.1. The predicted molar refractivity (Wildman–Crippen MR) is 109 cm³/mol. The van der Waals surface area contributed by atoms with Gasteiger partial charge in [0.2, 0.25) is 0 Å². The monoisotopic (exact) mass is 378 g/mol. The van der Waals surface area contributed by atoms with Crippen molar-refractivity contribution < 1.29 is 9.53 Å². The molecule has 144 valence electrons. The summed E-state index contributed by atoms with van der Waals surface area (Å²) in [6, 6.07) is 8.11. The van der Waals surface area contributed by atoms with Gasteiger partial charge in [-0.1, -0.05) is 44.2 Å². The summed E-state index contributed by atoms with van der Waals surface area (Å²) in [6.07, 6.45) is 10.9. The normalized spacial score (nSPS) is 15.7. The fourth-order valence-corrected chi connectivity index (χ4v) is 3.47. The quantitative estimate of drug-likeness (QED) is 0.681. The first-order chi connectivity index (χ1) is 12.0. The SMILES string of the molecule is C#CCN(C)CC(C)c1cccc(OC(=O)N(C)C2CCCCC2)c1.Cl. The summed E-state index contributed by atoms with van der Waals surface area (Å²) in [5.41, 5.74) is 1.15. The van der Waals surface area contributed by atoms with E-state index in [1.165, 1.54) is 19.3 Å². The van der Waals surface area contributed by atoms with Crippen LogP contribution in [0.4, 0.5) is 4.79 Å². The minimum absolute atomic E-state index is 0. The van der Waals surface area contributed by atoms with Gasteiger partial charge in [0.05, 0.1) is 6.54 Å². The summed E-state index contributed by atoms with van der Waals surface area (Å²) in [5, 5.41) is 0. The standard InChI is InChI=1S/C21H30N2O2.ClH/c1-5-14-22(3)16-17(2)18-10-9-13-20(15-18)25-21(24)23(4)19-11-7-6-8-12-19;/h1,9-10,13,15,17,19H,6-8,11-12,14,16H2,2-4H3;1H. The molecule has 0 spiro atoms. The van der Waals surface area contributed by atoms with Gasteiger partial charge in [0, 0.05) is 19.6 Å². The molecule has 0 N–H and O–H groups in total. The first-order valence-corrected chi connectivity index (χ1v) is 9.18. The first kappa shape index (κ1) is 22.3. The summed E-state index contributed by atoms with van der Waals surface area (Å²) in [4.78, 5) is 16.3. The van der Waals surface area contributed by atoms with Crippen molar-refractivity contribution >= 4 is 18.5 Å². The Kier molecular flexibility index (Phi) is 9.54. The van der Waals surface area contributed by atoms with Gasteiger partial charge in [-0.2, -0.15) is 0 Å². The Hall–Kier alpha value is -1.70. The maximum atomic E-state index is 12.4. The van der Waals surface area contributed by atoms with Gasteiger partial charge >= 0.3 is 6.09 Å².